The van der Waals surface area contributed by atoms with Crippen LogP contribution in [-0.4, -0.2) is 42.6 Å². The minimum Gasteiger partial charge on any atom is -0.377 e. The average molecular weight is 282 g/mol. The van der Waals surface area contributed by atoms with E-state index in [1.54, 1.807) is 0 Å². The maximum absolute atomic E-state index is 12.3. The maximum Gasteiger partial charge on any atom is 0.222 e. The van der Waals surface area contributed by atoms with E-state index in [0.717, 1.165) is 51.8 Å². The third-order valence-electron chi connectivity index (χ3n) is 4.79. The van der Waals surface area contributed by atoms with Crippen molar-refractivity contribution in [2.75, 3.05) is 19.7 Å². The number of hydrogen-bond donors (Lipinski definition) is 1. The summed E-state index contributed by atoms with van der Waals surface area (Å²) >= 11 is 0. The van der Waals surface area contributed by atoms with Crippen LogP contribution in [0.15, 0.2) is 0 Å². The van der Waals surface area contributed by atoms with Crippen molar-refractivity contribution in [3.05, 3.63) is 0 Å². The second kappa shape index (κ2) is 7.99. The Balaban J connectivity index is 1.68. The molecule has 1 aliphatic carbocycles. The van der Waals surface area contributed by atoms with Crippen molar-refractivity contribution in [2.45, 2.75) is 70.4 Å². The fourth-order valence-corrected chi connectivity index (χ4v) is 3.50. The van der Waals surface area contributed by atoms with E-state index in [4.69, 9.17) is 10.5 Å². The number of ether oxygens (including phenoxy) is 1. The predicted molar refractivity (Wildman–Crippen MR) is 80.4 cm³/mol. The van der Waals surface area contributed by atoms with Crippen molar-refractivity contribution >= 4 is 5.91 Å². The summed E-state index contributed by atoms with van der Waals surface area (Å²) in [6, 6.07) is 0.399. The number of nitrogens with two attached hydrogens (primary N) is 1. The molecule has 0 aromatic heterocycles. The van der Waals surface area contributed by atoms with Crippen molar-refractivity contribution in [1.29, 1.82) is 0 Å². The van der Waals surface area contributed by atoms with Crippen LogP contribution in [0.1, 0.15) is 58.3 Å². The van der Waals surface area contributed by atoms with E-state index in [1.807, 2.05) is 11.8 Å². The molecule has 2 rings (SSSR count). The van der Waals surface area contributed by atoms with Crippen molar-refractivity contribution in [1.82, 2.24) is 4.90 Å². The lowest BCUT2D eigenvalue weighted by Crippen LogP contribution is -2.43. The lowest BCUT2D eigenvalue weighted by atomic mass is 9.83. The van der Waals surface area contributed by atoms with Crippen LogP contribution in [-0.2, 0) is 9.53 Å². The Kier molecular flexibility index (Phi) is 6.30. The first-order valence-corrected chi connectivity index (χ1v) is 8.34. The number of likely N-dealkylation sites (tertiary alicyclic amines) is 1. The summed E-state index contributed by atoms with van der Waals surface area (Å²) in [5.74, 6) is 1.04. The first-order valence-electron chi connectivity index (χ1n) is 8.34. The molecule has 1 saturated carbocycles. The summed E-state index contributed by atoms with van der Waals surface area (Å²) in [5, 5.41) is 0. The van der Waals surface area contributed by atoms with Gasteiger partial charge in [0.15, 0.2) is 0 Å². The molecule has 0 bridgehead atoms. The summed E-state index contributed by atoms with van der Waals surface area (Å²) in [7, 11) is 0. The summed E-state index contributed by atoms with van der Waals surface area (Å²) < 4.78 is 5.66. The highest BCUT2D eigenvalue weighted by Gasteiger charge is 2.25. The van der Waals surface area contributed by atoms with E-state index >= 15 is 0 Å². The molecule has 2 N–H and O–H groups in total. The largest absolute Gasteiger partial charge is 0.377 e. The van der Waals surface area contributed by atoms with Crippen LogP contribution >= 0.6 is 0 Å². The Morgan fingerprint density at radius 1 is 1.25 bits per heavy atom. The molecule has 2 aliphatic rings. The summed E-state index contributed by atoms with van der Waals surface area (Å²) in [6.45, 7) is 4.48. The van der Waals surface area contributed by atoms with E-state index in [9.17, 15) is 4.79 Å². The van der Waals surface area contributed by atoms with Gasteiger partial charge in [0.1, 0.15) is 0 Å². The van der Waals surface area contributed by atoms with Gasteiger partial charge < -0.3 is 15.4 Å². The van der Waals surface area contributed by atoms with E-state index in [2.05, 4.69) is 0 Å². The highest BCUT2D eigenvalue weighted by Crippen LogP contribution is 2.27. The quantitative estimate of drug-likeness (QED) is 0.842. The molecule has 0 spiro atoms. The minimum absolute atomic E-state index is 0.255. The number of nitrogens with zero attached hydrogens (tertiary/aromatic N) is 1. The van der Waals surface area contributed by atoms with Gasteiger partial charge in [-0.1, -0.05) is 0 Å². The van der Waals surface area contributed by atoms with Gasteiger partial charge in [0.25, 0.3) is 0 Å². The molecular formula is C16H30N2O2. The molecule has 4 heteroatoms. The third kappa shape index (κ3) is 4.74. The molecule has 116 valence electrons. The Morgan fingerprint density at radius 2 is 2.00 bits per heavy atom. The Morgan fingerprint density at radius 3 is 2.70 bits per heavy atom. The molecule has 1 saturated heterocycles. The van der Waals surface area contributed by atoms with Crippen LogP contribution in [0.5, 0.6) is 0 Å². The van der Waals surface area contributed by atoms with Crippen LogP contribution in [0.3, 0.4) is 0 Å². The Hall–Kier alpha value is -0.610. The first kappa shape index (κ1) is 15.8. The van der Waals surface area contributed by atoms with Crippen LogP contribution in [0.4, 0.5) is 0 Å². The summed E-state index contributed by atoms with van der Waals surface area (Å²) in [5.41, 5.74) is 5.92. The molecule has 2 fully saturated rings. The lowest BCUT2D eigenvalue weighted by molar-refractivity contribution is -0.135. The predicted octanol–water partition coefficient (Wildman–Crippen LogP) is 2.31. The van der Waals surface area contributed by atoms with E-state index in [1.165, 1.54) is 12.8 Å². The van der Waals surface area contributed by atoms with Gasteiger partial charge in [0.05, 0.1) is 6.10 Å². The van der Waals surface area contributed by atoms with Crippen LogP contribution in [0.25, 0.3) is 0 Å². The number of piperidine rings is 1. The van der Waals surface area contributed by atoms with Crippen LogP contribution in [0, 0.1) is 5.92 Å². The smallest absolute Gasteiger partial charge is 0.222 e. The fraction of sp³-hybridized carbons (Fsp3) is 0.938. The zero-order valence-corrected chi connectivity index (χ0v) is 12.9. The second-order valence-electron chi connectivity index (χ2n) is 6.38. The van der Waals surface area contributed by atoms with Gasteiger partial charge >= 0.3 is 0 Å². The minimum atomic E-state index is 0.255. The zero-order chi connectivity index (χ0) is 14.4. The molecule has 4 nitrogen and oxygen atoms in total. The summed E-state index contributed by atoms with van der Waals surface area (Å²) in [4.78, 5) is 14.3. The molecule has 0 aromatic carbocycles. The van der Waals surface area contributed by atoms with Gasteiger partial charge in [-0.15, -0.1) is 0 Å². The molecule has 0 aromatic rings. The van der Waals surface area contributed by atoms with Gasteiger partial charge in [-0.05, 0) is 57.8 Å². The molecule has 20 heavy (non-hydrogen) atoms. The maximum atomic E-state index is 12.3. The van der Waals surface area contributed by atoms with Gasteiger partial charge in [0, 0.05) is 32.2 Å². The van der Waals surface area contributed by atoms with Crippen LogP contribution in [0.2, 0.25) is 0 Å². The van der Waals surface area contributed by atoms with Crippen molar-refractivity contribution in [3.63, 3.8) is 0 Å². The zero-order valence-electron chi connectivity index (χ0n) is 12.9. The van der Waals surface area contributed by atoms with Gasteiger partial charge in [-0.3, -0.25) is 4.79 Å². The van der Waals surface area contributed by atoms with Gasteiger partial charge in [-0.2, -0.15) is 0 Å². The second-order valence-corrected chi connectivity index (χ2v) is 6.38. The average Bonchev–Trinajstić information content (AvgIpc) is 2.47. The number of carbonyl (C=O) groups excluding carboxylic acids is 1. The molecule has 1 heterocycles. The molecule has 1 atom stereocenters. The molecule has 1 aliphatic heterocycles. The van der Waals surface area contributed by atoms with Crippen LogP contribution < -0.4 is 5.73 Å². The van der Waals surface area contributed by atoms with Gasteiger partial charge in [0.2, 0.25) is 5.91 Å². The lowest BCUT2D eigenvalue weighted by Gasteiger charge is -2.33. The molecule has 1 unspecified atom stereocenters. The standard InChI is InChI=1S/C16H30N2O2/c1-2-20-15-4-3-11-18(12-15)16(19)10-7-13-5-8-14(17)9-6-13/h13-15H,2-12,17H2,1H3. The number of rotatable bonds is 5. The summed E-state index contributed by atoms with van der Waals surface area (Å²) in [6.07, 6.45) is 8.86. The fourth-order valence-electron chi connectivity index (χ4n) is 3.50. The highest BCUT2D eigenvalue weighted by atomic mass is 16.5. The SMILES string of the molecule is CCOC1CCCN(C(=O)CCC2CCC(N)CC2)C1. The van der Waals surface area contributed by atoms with E-state index in [0.29, 0.717) is 24.3 Å². The molecule has 0 radical (unpaired) electrons. The Labute approximate surface area is 123 Å². The number of amides is 1. The van der Waals surface area contributed by atoms with Crippen molar-refractivity contribution in [2.24, 2.45) is 11.7 Å². The van der Waals surface area contributed by atoms with Gasteiger partial charge in [-0.25, -0.2) is 0 Å². The topological polar surface area (TPSA) is 55.6 Å². The first-order chi connectivity index (χ1) is 9.69. The Bertz CT molecular complexity index is 299. The third-order valence-corrected chi connectivity index (χ3v) is 4.79. The van der Waals surface area contributed by atoms with Crippen molar-refractivity contribution < 1.29 is 9.53 Å². The van der Waals surface area contributed by atoms with Crippen molar-refractivity contribution in [3.8, 4) is 0 Å². The molecular weight excluding hydrogens is 252 g/mol. The van der Waals surface area contributed by atoms with E-state index < -0.39 is 0 Å². The normalized spacial score (nSPS) is 31.3. The number of carbonyl (C=O) groups is 1. The van der Waals surface area contributed by atoms with E-state index in [-0.39, 0.29) is 6.10 Å². The monoisotopic (exact) mass is 282 g/mol. The number of hydrogen-bond acceptors (Lipinski definition) is 3. The highest BCUT2D eigenvalue weighted by molar-refractivity contribution is 5.76. The molecule has 1 amide bonds.